The maximum Gasteiger partial charge on any atom is 0.311 e. The molecule has 0 atom stereocenters. The van der Waals surface area contributed by atoms with Gasteiger partial charge in [-0.2, -0.15) is 9.78 Å². The van der Waals surface area contributed by atoms with Crippen LogP contribution in [0.4, 0.5) is 11.4 Å². The molecule has 0 bridgehead atoms. The van der Waals surface area contributed by atoms with Gasteiger partial charge < -0.3 is 19.2 Å². The Balaban J connectivity index is 1.40. The Bertz CT molecular complexity index is 2170. The zero-order chi connectivity index (χ0) is 31.5. The number of fused-ring (bicyclic) bond motifs is 2. The molecule has 12 heteroatoms. The molecule has 0 radical (unpaired) electrons. The molecule has 0 aliphatic heterocycles. The number of nitrogens with zero attached hydrogens (tertiary/aromatic N) is 4. The summed E-state index contributed by atoms with van der Waals surface area (Å²) in [6, 6.07) is 25.2. The predicted molar refractivity (Wildman–Crippen MR) is 169 cm³/mol. The number of carbonyl (C=O) groups excluding carboxylic acids is 1. The SMILES string of the molecule is COc1cccc2oc(-c3nc4ccccc4c(=O)n3N=Cc3cccc([N+](=O)[O-])c3OCC(=O)Nc3ccc(C)cc3)cc12. The number of methoxy groups -OCH3 is 1. The summed E-state index contributed by atoms with van der Waals surface area (Å²) < 4.78 is 18.2. The molecule has 1 N–H and O–H groups in total. The van der Waals surface area contributed by atoms with E-state index in [1.807, 2.05) is 19.1 Å². The van der Waals surface area contributed by atoms with Crippen LogP contribution >= 0.6 is 0 Å². The van der Waals surface area contributed by atoms with Crippen LogP contribution in [0.15, 0.2) is 105 Å². The molecule has 2 heterocycles. The Labute approximate surface area is 255 Å². The van der Waals surface area contributed by atoms with Crippen LogP contribution in [-0.2, 0) is 4.79 Å². The van der Waals surface area contributed by atoms with Gasteiger partial charge in [0.15, 0.2) is 12.4 Å². The lowest BCUT2D eigenvalue weighted by molar-refractivity contribution is -0.385. The molecule has 1 amide bonds. The van der Waals surface area contributed by atoms with Crippen molar-refractivity contribution in [3.63, 3.8) is 0 Å². The summed E-state index contributed by atoms with van der Waals surface area (Å²) in [5, 5.41) is 20.0. The maximum atomic E-state index is 13.7. The highest BCUT2D eigenvalue weighted by Crippen LogP contribution is 2.33. The van der Waals surface area contributed by atoms with E-state index in [9.17, 15) is 19.7 Å². The fourth-order valence-electron chi connectivity index (χ4n) is 4.75. The number of amides is 1. The molecule has 0 aliphatic carbocycles. The minimum absolute atomic E-state index is 0.0959. The van der Waals surface area contributed by atoms with Gasteiger partial charge in [0.2, 0.25) is 11.6 Å². The molecule has 0 aliphatic rings. The van der Waals surface area contributed by atoms with Crippen LogP contribution in [0, 0.1) is 17.0 Å². The Kier molecular flexibility index (Phi) is 7.76. The Hall–Kier alpha value is -6.30. The number of hydrogen-bond acceptors (Lipinski definition) is 9. The number of para-hydroxylation sites is 2. The highest BCUT2D eigenvalue weighted by molar-refractivity contribution is 5.93. The average Bonchev–Trinajstić information content (AvgIpc) is 3.49. The predicted octanol–water partition coefficient (Wildman–Crippen LogP) is 5.93. The van der Waals surface area contributed by atoms with Crippen molar-refractivity contribution >= 4 is 45.4 Å². The van der Waals surface area contributed by atoms with E-state index < -0.39 is 23.0 Å². The van der Waals surface area contributed by atoms with Gasteiger partial charge in [0.25, 0.3) is 11.5 Å². The molecule has 2 aromatic heterocycles. The van der Waals surface area contributed by atoms with Crippen molar-refractivity contribution in [3.8, 4) is 23.1 Å². The van der Waals surface area contributed by atoms with Gasteiger partial charge in [0.05, 0.1) is 34.5 Å². The second-order valence-corrected chi connectivity index (χ2v) is 9.95. The third-order valence-electron chi connectivity index (χ3n) is 6.93. The monoisotopic (exact) mass is 603 g/mol. The normalized spacial score (nSPS) is 11.2. The molecule has 12 nitrogen and oxygen atoms in total. The highest BCUT2D eigenvalue weighted by Gasteiger charge is 2.21. The molecular formula is C33H25N5O7. The van der Waals surface area contributed by atoms with Crippen molar-refractivity contribution in [2.45, 2.75) is 6.92 Å². The summed E-state index contributed by atoms with van der Waals surface area (Å²) in [5.41, 5.74) is 1.80. The standard InChI is InChI=1S/C33H25N5O7/c1-20-13-15-22(16-14-20)35-30(39)19-44-31-21(7-5-10-26(31)38(41)42)18-34-37-32(36-25-9-4-3-8-23(25)33(37)40)29-17-24-27(43-2)11-6-12-28(24)45-29/h3-18H,19H2,1-2H3,(H,35,39). The zero-order valence-corrected chi connectivity index (χ0v) is 24.1. The Morgan fingerprint density at radius 1 is 1.04 bits per heavy atom. The second-order valence-electron chi connectivity index (χ2n) is 9.95. The summed E-state index contributed by atoms with van der Waals surface area (Å²) in [6.45, 7) is 1.41. The van der Waals surface area contributed by atoms with Gasteiger partial charge in [0, 0.05) is 17.3 Å². The maximum absolute atomic E-state index is 13.7. The van der Waals surface area contributed by atoms with Crippen LogP contribution in [0.3, 0.4) is 0 Å². The molecule has 45 heavy (non-hydrogen) atoms. The lowest BCUT2D eigenvalue weighted by Gasteiger charge is -2.11. The van der Waals surface area contributed by atoms with E-state index in [1.54, 1.807) is 67.8 Å². The lowest BCUT2D eigenvalue weighted by Crippen LogP contribution is -2.21. The van der Waals surface area contributed by atoms with Crippen LogP contribution in [0.25, 0.3) is 33.5 Å². The van der Waals surface area contributed by atoms with Crippen LogP contribution in [0.1, 0.15) is 11.1 Å². The number of ether oxygens (including phenoxy) is 2. The van der Waals surface area contributed by atoms with Crippen molar-refractivity contribution in [1.29, 1.82) is 0 Å². The zero-order valence-electron chi connectivity index (χ0n) is 24.1. The molecule has 224 valence electrons. The van der Waals surface area contributed by atoms with E-state index in [0.717, 1.165) is 10.2 Å². The molecule has 0 unspecified atom stereocenters. The quantitative estimate of drug-likeness (QED) is 0.121. The van der Waals surface area contributed by atoms with Gasteiger partial charge in [-0.05, 0) is 55.5 Å². The number of benzene rings is 4. The van der Waals surface area contributed by atoms with Gasteiger partial charge in [-0.25, -0.2) is 4.98 Å². The van der Waals surface area contributed by atoms with Crippen molar-refractivity contribution in [1.82, 2.24) is 9.66 Å². The van der Waals surface area contributed by atoms with Crippen LogP contribution in [0.2, 0.25) is 0 Å². The van der Waals surface area contributed by atoms with E-state index in [-0.39, 0.29) is 28.6 Å². The van der Waals surface area contributed by atoms with Gasteiger partial charge in [0.1, 0.15) is 11.3 Å². The van der Waals surface area contributed by atoms with E-state index >= 15 is 0 Å². The first-order valence-electron chi connectivity index (χ1n) is 13.7. The molecule has 0 fully saturated rings. The number of furan rings is 1. The van der Waals surface area contributed by atoms with E-state index in [2.05, 4.69) is 15.4 Å². The largest absolute Gasteiger partial charge is 0.496 e. The smallest absolute Gasteiger partial charge is 0.311 e. The summed E-state index contributed by atoms with van der Waals surface area (Å²) in [5.74, 6) is 0.210. The highest BCUT2D eigenvalue weighted by atomic mass is 16.6. The van der Waals surface area contributed by atoms with Crippen molar-refractivity contribution in [3.05, 3.63) is 123 Å². The van der Waals surface area contributed by atoms with Crippen molar-refractivity contribution in [2.24, 2.45) is 5.10 Å². The number of rotatable bonds is 9. The Morgan fingerprint density at radius 3 is 2.60 bits per heavy atom. The van der Waals surface area contributed by atoms with Crippen LogP contribution in [-0.4, -0.2) is 40.4 Å². The second kappa shape index (κ2) is 12.1. The molecule has 0 spiro atoms. The van der Waals surface area contributed by atoms with Crippen molar-refractivity contribution in [2.75, 3.05) is 19.0 Å². The van der Waals surface area contributed by atoms with E-state index in [4.69, 9.17) is 13.9 Å². The molecule has 6 aromatic rings. The van der Waals surface area contributed by atoms with Gasteiger partial charge >= 0.3 is 5.69 Å². The molecular weight excluding hydrogens is 578 g/mol. The number of nitro benzene ring substituents is 1. The third-order valence-corrected chi connectivity index (χ3v) is 6.93. The molecule has 0 saturated heterocycles. The molecule has 6 rings (SSSR count). The topological polar surface area (TPSA) is 151 Å². The van der Waals surface area contributed by atoms with Crippen molar-refractivity contribution < 1.29 is 23.6 Å². The number of aryl methyl sites for hydroxylation is 1. The summed E-state index contributed by atoms with van der Waals surface area (Å²) in [6.07, 6.45) is 1.24. The number of hydrogen-bond donors (Lipinski definition) is 1. The first-order valence-corrected chi connectivity index (χ1v) is 13.7. The summed E-state index contributed by atoms with van der Waals surface area (Å²) in [4.78, 5) is 42.2. The van der Waals surface area contributed by atoms with Gasteiger partial charge in [-0.3, -0.25) is 19.7 Å². The number of carbonyl (C=O) groups is 1. The molecule has 4 aromatic carbocycles. The number of nitro groups is 1. The van der Waals surface area contributed by atoms with E-state index in [0.29, 0.717) is 33.3 Å². The van der Waals surface area contributed by atoms with Gasteiger partial charge in [-0.15, -0.1) is 0 Å². The molecule has 0 saturated carbocycles. The summed E-state index contributed by atoms with van der Waals surface area (Å²) in [7, 11) is 1.54. The number of anilines is 1. The Morgan fingerprint density at radius 2 is 1.82 bits per heavy atom. The lowest BCUT2D eigenvalue weighted by atomic mass is 10.2. The number of aromatic nitrogens is 2. The van der Waals surface area contributed by atoms with Gasteiger partial charge in [-0.1, -0.05) is 42.0 Å². The summed E-state index contributed by atoms with van der Waals surface area (Å²) >= 11 is 0. The fraction of sp³-hybridized carbons (Fsp3) is 0.0909. The van der Waals surface area contributed by atoms with Crippen LogP contribution in [0.5, 0.6) is 11.5 Å². The van der Waals surface area contributed by atoms with E-state index in [1.165, 1.54) is 24.4 Å². The van der Waals surface area contributed by atoms with Crippen LogP contribution < -0.4 is 20.3 Å². The first-order chi connectivity index (χ1) is 21.8. The average molecular weight is 604 g/mol. The first kappa shape index (κ1) is 28.8. The third kappa shape index (κ3) is 5.84. The minimum atomic E-state index is -0.623. The fourth-order valence-corrected chi connectivity index (χ4v) is 4.75. The minimum Gasteiger partial charge on any atom is -0.496 e. The number of nitrogens with one attached hydrogen (secondary N) is 1.